The molecule has 0 saturated carbocycles. The quantitative estimate of drug-likeness (QED) is 0.0392. The van der Waals surface area contributed by atoms with E-state index in [4.69, 9.17) is 10.2 Å². The van der Waals surface area contributed by atoms with Gasteiger partial charge in [-0.1, -0.05) is 108 Å². The monoisotopic (exact) mass is 958 g/mol. The highest BCUT2D eigenvalue weighted by molar-refractivity contribution is 7.16. The Morgan fingerprint density at radius 1 is 0.329 bits per heavy atom. The van der Waals surface area contributed by atoms with E-state index in [1.807, 2.05) is 0 Å². The van der Waals surface area contributed by atoms with E-state index in [2.05, 4.69) is 235 Å². The van der Waals surface area contributed by atoms with Crippen LogP contribution in [0.3, 0.4) is 0 Å². The maximum Gasteiger partial charge on any atom is 0.211 e. The van der Waals surface area contributed by atoms with E-state index in [0.717, 1.165) is 100 Å². The van der Waals surface area contributed by atoms with E-state index in [-0.39, 0.29) is 0 Å². The highest BCUT2D eigenvalue weighted by Gasteiger charge is 2.12. The van der Waals surface area contributed by atoms with Gasteiger partial charge in [-0.2, -0.15) is 0 Å². The van der Waals surface area contributed by atoms with Crippen LogP contribution in [0.4, 0.5) is 0 Å². The third-order valence-corrected chi connectivity index (χ3v) is 15.3. The van der Waals surface area contributed by atoms with Crippen LogP contribution in [-0.2, 0) is 52.1 Å². The number of thiazole rings is 2. The molecular weight excluding hydrogens is 897 g/mol. The predicted molar refractivity (Wildman–Crippen MR) is 283 cm³/mol. The highest BCUT2D eigenvalue weighted by atomic mass is 32.1. The average Bonchev–Trinajstić information content (AvgIpc) is 3.96. The zero-order valence-electron chi connectivity index (χ0n) is 39.9. The fourth-order valence-corrected chi connectivity index (χ4v) is 11.3. The lowest BCUT2D eigenvalue weighted by atomic mass is 10.1. The van der Waals surface area contributed by atoms with Crippen LogP contribution in [0.15, 0.2) is 218 Å². The van der Waals surface area contributed by atoms with Gasteiger partial charge in [0.15, 0.2) is 49.6 Å². The average molecular weight is 959 g/mol. The van der Waals surface area contributed by atoms with Gasteiger partial charge in [0.25, 0.3) is 0 Å². The van der Waals surface area contributed by atoms with Crippen molar-refractivity contribution in [3.8, 4) is 22.3 Å². The van der Waals surface area contributed by atoms with Crippen molar-refractivity contribution in [3.63, 3.8) is 0 Å². The van der Waals surface area contributed by atoms with Crippen LogP contribution in [0.5, 0.6) is 0 Å². The van der Waals surface area contributed by atoms with E-state index < -0.39 is 0 Å². The van der Waals surface area contributed by atoms with Gasteiger partial charge in [0.2, 0.25) is 9.60 Å². The van der Waals surface area contributed by atoms with Crippen LogP contribution in [0.25, 0.3) is 42.7 Å². The van der Waals surface area contributed by atoms with Crippen LogP contribution < -0.4 is 27.9 Å². The fraction of sp³-hybridized carbons (Fsp3) is 0.233. The van der Waals surface area contributed by atoms with Crippen molar-refractivity contribution in [2.45, 2.75) is 90.6 Å². The first-order valence-corrected chi connectivity index (χ1v) is 26.6. The minimum Gasteiger partial charge on any atom is -0.315 e. The Bertz CT molecular complexity index is 3130. The second kappa shape index (κ2) is 23.4. The number of rotatable bonds is 21. The molecule has 0 aliphatic carbocycles. The van der Waals surface area contributed by atoms with Gasteiger partial charge < -0.3 is 9.13 Å². The molecule has 0 bridgehead atoms. The van der Waals surface area contributed by atoms with E-state index in [9.17, 15) is 0 Å². The standard InChI is InChI=1S/C60H62N8S2/c1-3-17-49(18-4-1)21-15-37-65-45-31-53(32-46-65)51-27-41-63(42-28-51)35-11-13-39-67-55-23-7-9-25-57(55)69-59(67)61-62-60-68(56-24-8-10-26-58(56)70-60)40-14-12-36-64-43-29-52(30-44-64)54-33-47-66(48-34-54)38-16-22-50-19-5-2-6-20-50/h1-10,17-20,23-34,41-48H,11-16,21-22,35-40H2/q+4. The van der Waals surface area contributed by atoms with Crippen molar-refractivity contribution in [2.24, 2.45) is 10.2 Å². The summed E-state index contributed by atoms with van der Waals surface area (Å²) in [5, 5.41) is 10.00. The molecule has 10 rings (SSSR count). The molecule has 0 N–H and O–H groups in total. The molecular formula is C60H62N8S2+4. The van der Waals surface area contributed by atoms with Gasteiger partial charge in [0.1, 0.15) is 26.2 Å². The molecule has 0 spiro atoms. The molecule has 6 aromatic heterocycles. The molecule has 10 heteroatoms. The number of aryl methyl sites for hydroxylation is 8. The molecule has 70 heavy (non-hydrogen) atoms. The largest absolute Gasteiger partial charge is 0.315 e. The number of fused-ring (bicyclic) bond motifs is 2. The van der Waals surface area contributed by atoms with Crippen molar-refractivity contribution < 1.29 is 18.3 Å². The van der Waals surface area contributed by atoms with Gasteiger partial charge >= 0.3 is 0 Å². The molecule has 0 atom stereocenters. The summed E-state index contributed by atoms with van der Waals surface area (Å²) in [5.74, 6) is 0. The third-order valence-electron chi connectivity index (χ3n) is 13.2. The van der Waals surface area contributed by atoms with E-state index in [1.165, 1.54) is 53.8 Å². The van der Waals surface area contributed by atoms with Gasteiger partial charge in [-0.3, -0.25) is 0 Å². The Morgan fingerprint density at radius 2 is 0.643 bits per heavy atom. The molecule has 6 heterocycles. The highest BCUT2D eigenvalue weighted by Crippen LogP contribution is 2.21. The minimum absolute atomic E-state index is 0.887. The van der Waals surface area contributed by atoms with Crippen LogP contribution in [0.1, 0.15) is 49.7 Å². The first kappa shape index (κ1) is 46.6. The van der Waals surface area contributed by atoms with Crippen molar-refractivity contribution in [1.82, 2.24) is 9.13 Å². The van der Waals surface area contributed by atoms with E-state index in [0.29, 0.717) is 0 Å². The molecule has 4 aromatic carbocycles. The smallest absolute Gasteiger partial charge is 0.211 e. The maximum absolute atomic E-state index is 5.00. The lowest BCUT2D eigenvalue weighted by Gasteiger charge is -2.05. The molecule has 0 radical (unpaired) electrons. The molecule has 8 nitrogen and oxygen atoms in total. The van der Waals surface area contributed by atoms with Crippen molar-refractivity contribution in [3.05, 3.63) is 228 Å². The summed E-state index contributed by atoms with van der Waals surface area (Å²) in [7, 11) is 0. The summed E-state index contributed by atoms with van der Waals surface area (Å²) in [6.07, 6.45) is 26.4. The summed E-state index contributed by atoms with van der Waals surface area (Å²) in [4.78, 5) is 1.88. The number of benzene rings is 4. The van der Waals surface area contributed by atoms with Gasteiger partial charge in [0.05, 0.1) is 20.4 Å². The number of hydrogen-bond donors (Lipinski definition) is 0. The lowest BCUT2D eigenvalue weighted by molar-refractivity contribution is -0.697. The number of unbranched alkanes of at least 4 members (excludes halogenated alkanes) is 2. The fourth-order valence-electron chi connectivity index (χ4n) is 9.26. The Morgan fingerprint density at radius 3 is 1.00 bits per heavy atom. The zero-order chi connectivity index (χ0) is 47.2. The van der Waals surface area contributed by atoms with E-state index >= 15 is 0 Å². The number of nitrogens with zero attached hydrogens (tertiary/aromatic N) is 8. The van der Waals surface area contributed by atoms with Crippen LogP contribution >= 0.6 is 22.7 Å². The molecule has 0 unspecified atom stereocenters. The molecule has 0 amide bonds. The molecule has 0 aliphatic rings. The Balaban J connectivity index is 0.735. The molecule has 10 aromatic rings. The van der Waals surface area contributed by atoms with Gasteiger partial charge in [-0.25, -0.2) is 18.3 Å². The first-order chi connectivity index (χ1) is 34.7. The van der Waals surface area contributed by atoms with Crippen LogP contribution in [-0.4, -0.2) is 9.13 Å². The van der Waals surface area contributed by atoms with Crippen LogP contribution in [0.2, 0.25) is 0 Å². The number of para-hydroxylation sites is 2. The van der Waals surface area contributed by atoms with Crippen molar-refractivity contribution in [1.29, 1.82) is 0 Å². The summed E-state index contributed by atoms with van der Waals surface area (Å²) < 4.78 is 16.4. The topological polar surface area (TPSA) is 50.1 Å². The summed E-state index contributed by atoms with van der Waals surface area (Å²) >= 11 is 3.44. The van der Waals surface area contributed by atoms with Gasteiger partial charge in [-0.15, -0.1) is 10.2 Å². The van der Waals surface area contributed by atoms with Crippen molar-refractivity contribution >= 4 is 43.1 Å². The van der Waals surface area contributed by atoms with E-state index in [1.54, 1.807) is 22.7 Å². The lowest BCUT2D eigenvalue weighted by Crippen LogP contribution is -2.33. The summed E-state index contributed by atoms with van der Waals surface area (Å²) in [5.41, 5.74) is 10.2. The SMILES string of the molecule is c1ccc(CCC[n+]2ccc(-c3cc[n+](CCCCn4c(=NN=c5sc6ccccc6n5CCCC[n+]5ccc(-c6cc[n+](CCCc7ccccc7)cc6)cc5)sc5ccccc54)cc3)cc2)cc1. The Hall–Kier alpha value is -7.14. The minimum atomic E-state index is 0.887. The third kappa shape index (κ3) is 12.2. The van der Waals surface area contributed by atoms with Gasteiger partial charge in [0, 0.05) is 87.3 Å². The second-order valence-corrected chi connectivity index (χ2v) is 20.1. The second-order valence-electron chi connectivity index (χ2n) is 18.1. The Kier molecular flexibility index (Phi) is 15.6. The molecule has 350 valence electrons. The normalized spacial score (nSPS) is 12.1. The maximum atomic E-state index is 5.00. The van der Waals surface area contributed by atoms with Crippen LogP contribution in [0, 0.1) is 0 Å². The summed E-state index contributed by atoms with van der Waals surface area (Å²) in [6, 6.07) is 56.7. The number of aromatic nitrogens is 6. The molecule has 0 fully saturated rings. The number of pyridine rings is 4. The molecule has 0 aliphatic heterocycles. The first-order valence-electron chi connectivity index (χ1n) is 25.0. The molecule has 0 saturated heterocycles. The predicted octanol–water partition coefficient (Wildman–Crippen LogP) is 10.8. The number of hydrogen-bond acceptors (Lipinski definition) is 4. The Labute approximate surface area is 419 Å². The zero-order valence-corrected chi connectivity index (χ0v) is 41.6. The summed E-state index contributed by atoms with van der Waals surface area (Å²) in [6.45, 7) is 5.74. The van der Waals surface area contributed by atoms with Gasteiger partial charge in [-0.05, 0) is 83.3 Å². The van der Waals surface area contributed by atoms with Crippen molar-refractivity contribution in [2.75, 3.05) is 0 Å².